The molecule has 12 nitrogen and oxygen atoms in total. The van der Waals surface area contributed by atoms with E-state index in [9.17, 15) is 13.2 Å². The molecule has 0 radical (unpaired) electrons. The van der Waals surface area contributed by atoms with Crippen LogP contribution in [0.5, 0.6) is 0 Å². The van der Waals surface area contributed by atoms with Crippen molar-refractivity contribution >= 4 is 40.1 Å². The Labute approximate surface area is 356 Å². The van der Waals surface area contributed by atoms with Gasteiger partial charge in [-0.15, -0.1) is 0 Å². The van der Waals surface area contributed by atoms with Gasteiger partial charge >= 0.3 is 359 Å². The molecule has 0 aromatic rings. The fraction of sp³-hybridized carbons (Fsp3) is 1.00. The van der Waals surface area contributed by atoms with E-state index < -0.39 is 52.3 Å². The van der Waals surface area contributed by atoms with Crippen LogP contribution in [0, 0.1) is 0 Å². The SMILES string of the molecule is CCCCN1CC(C)[O][Sn]2([O]C(C)(C)C1)[O]C(C)(C)CN(CCCC)CC(C)(C)[O]2.CCCCN1CC[O][Sn]2([O]CC1)[O]CCN(CCCC)CC(C(F)(F)F)[O]2. The van der Waals surface area contributed by atoms with Gasteiger partial charge in [-0.05, 0) is 0 Å². The van der Waals surface area contributed by atoms with Gasteiger partial charge in [0.1, 0.15) is 0 Å². The third kappa shape index (κ3) is 19.0. The van der Waals surface area contributed by atoms with E-state index in [4.69, 9.17) is 24.6 Å². The number of hydrogen-bond acceptors (Lipinski definition) is 12. The van der Waals surface area contributed by atoms with Crippen molar-refractivity contribution in [2.45, 2.75) is 163 Å². The Kier molecular flexibility index (Phi) is 22.1. The zero-order chi connectivity index (χ0) is 42.4. The van der Waals surface area contributed by atoms with E-state index in [1.165, 1.54) is 25.7 Å². The van der Waals surface area contributed by atoms with Gasteiger partial charge in [0, 0.05) is 0 Å². The van der Waals surface area contributed by atoms with Crippen molar-refractivity contribution in [3.05, 3.63) is 0 Å². The Hall–Kier alpha value is 0.907. The summed E-state index contributed by atoms with van der Waals surface area (Å²) < 4.78 is 90.6. The van der Waals surface area contributed by atoms with Gasteiger partial charge < -0.3 is 0 Å². The van der Waals surface area contributed by atoms with Crippen molar-refractivity contribution in [2.75, 3.05) is 98.4 Å². The standard InChI is InChI=1S/C12H25NO2.C11H23NO2.C9H16F3NO2.C8H17NO2.2Sn/c1-6-7-8-13(9-11(2,3)14)10-12(4,5)15;1-5-6-7-12(8-10(2)13)9-11(3,4)14;1-2-3-4-13(5-6-14)7-8(15)9(10,11)12;1-2-3-4-9(5-7-10)6-8-11;;/h6-10H2,1-5H3;10H,5-9H2,1-4H3;8H,2-7H2,1H3;2-8H2,1H3;;/q4*-2;2*+4. The van der Waals surface area contributed by atoms with Gasteiger partial charge in [-0.25, -0.2) is 0 Å². The van der Waals surface area contributed by atoms with Gasteiger partial charge in [-0.1, -0.05) is 0 Å². The Balaban J connectivity index is 0.000000307. The second-order valence-electron chi connectivity index (χ2n) is 18.2. The summed E-state index contributed by atoms with van der Waals surface area (Å²) in [6.07, 6.45) is 2.32. The molecule has 2 spiro atoms. The van der Waals surface area contributed by atoms with Crippen LogP contribution < -0.4 is 0 Å². The molecule has 338 valence electrons. The van der Waals surface area contributed by atoms with E-state index in [1.54, 1.807) is 4.90 Å². The Morgan fingerprint density at radius 1 is 0.526 bits per heavy atom. The molecular weight excluding hydrogens is 959 g/mol. The van der Waals surface area contributed by atoms with Crippen LogP contribution in [0.2, 0.25) is 0 Å². The number of rotatable bonds is 12. The van der Waals surface area contributed by atoms with Gasteiger partial charge in [0.05, 0.1) is 0 Å². The van der Waals surface area contributed by atoms with E-state index in [0.29, 0.717) is 26.2 Å². The maximum atomic E-state index is 13.6. The molecule has 4 aliphatic heterocycles. The molecule has 0 amide bonds. The van der Waals surface area contributed by atoms with Crippen LogP contribution in [0.1, 0.15) is 128 Å². The summed E-state index contributed by atoms with van der Waals surface area (Å²) in [5.41, 5.74) is -1.13. The number of halogens is 3. The second kappa shape index (κ2) is 24.1. The molecular formula is C40H81F3N4O8Sn2. The molecule has 0 aromatic heterocycles. The fourth-order valence-electron chi connectivity index (χ4n) is 7.86. The average Bonchev–Trinajstić information content (AvgIpc) is 3.05. The first-order valence-corrected chi connectivity index (χ1v) is 31.3. The van der Waals surface area contributed by atoms with Crippen LogP contribution in [0.25, 0.3) is 0 Å². The summed E-state index contributed by atoms with van der Waals surface area (Å²) in [5, 5.41) is 0. The quantitative estimate of drug-likeness (QED) is 0.187. The maximum absolute atomic E-state index is 13.6. The van der Waals surface area contributed by atoms with Crippen molar-refractivity contribution in [3.8, 4) is 0 Å². The normalized spacial score (nSPS) is 28.1. The van der Waals surface area contributed by atoms with Crippen LogP contribution in [-0.2, 0) is 24.6 Å². The zero-order valence-corrected chi connectivity index (χ0v) is 43.3. The summed E-state index contributed by atoms with van der Waals surface area (Å²) >= 11 is -9.02. The van der Waals surface area contributed by atoms with Gasteiger partial charge in [0.15, 0.2) is 0 Å². The first-order chi connectivity index (χ1) is 26.7. The molecule has 4 aliphatic rings. The molecule has 0 saturated carbocycles. The number of unbranched alkanes of at least 4 members (excludes halogenated alkanes) is 4. The van der Waals surface area contributed by atoms with Crippen LogP contribution in [-0.4, -0.2) is 193 Å². The minimum atomic E-state index is -4.69. The van der Waals surface area contributed by atoms with Gasteiger partial charge in [0.2, 0.25) is 0 Å². The molecule has 0 bridgehead atoms. The third-order valence-electron chi connectivity index (χ3n) is 10.3. The van der Waals surface area contributed by atoms with Gasteiger partial charge in [-0.2, -0.15) is 0 Å². The van der Waals surface area contributed by atoms with Gasteiger partial charge in [0.25, 0.3) is 0 Å². The summed E-state index contributed by atoms with van der Waals surface area (Å²) in [5.74, 6) is 0. The number of hydrogen-bond donors (Lipinski definition) is 0. The van der Waals surface area contributed by atoms with Crippen molar-refractivity contribution in [1.29, 1.82) is 0 Å². The molecule has 4 heterocycles. The summed E-state index contributed by atoms with van der Waals surface area (Å²) in [6, 6.07) is 0. The Morgan fingerprint density at radius 3 is 1.35 bits per heavy atom. The zero-order valence-electron chi connectivity index (χ0n) is 37.6. The van der Waals surface area contributed by atoms with Gasteiger partial charge in [-0.3, -0.25) is 0 Å². The van der Waals surface area contributed by atoms with E-state index in [1.807, 2.05) is 6.92 Å². The topological polar surface area (TPSA) is 86.8 Å². The molecule has 0 aliphatic carbocycles. The fourth-order valence-corrected chi connectivity index (χ4v) is 22.4. The van der Waals surface area contributed by atoms with Crippen LogP contribution in [0.4, 0.5) is 13.2 Å². The molecule has 4 saturated heterocycles. The van der Waals surface area contributed by atoms with Crippen LogP contribution in [0.15, 0.2) is 0 Å². The van der Waals surface area contributed by atoms with E-state index in [2.05, 4.69) is 83.9 Å². The molecule has 0 N–H and O–H groups in total. The van der Waals surface area contributed by atoms with Crippen molar-refractivity contribution in [1.82, 2.24) is 19.6 Å². The molecule has 4 fully saturated rings. The van der Waals surface area contributed by atoms with Crippen molar-refractivity contribution in [2.24, 2.45) is 0 Å². The Morgan fingerprint density at radius 2 is 0.912 bits per heavy atom. The van der Waals surface area contributed by atoms with Crippen molar-refractivity contribution < 1.29 is 37.8 Å². The monoisotopic (exact) mass is 1040 g/mol. The van der Waals surface area contributed by atoms with E-state index in [-0.39, 0.29) is 49.3 Å². The molecule has 57 heavy (non-hydrogen) atoms. The molecule has 2 atom stereocenters. The first kappa shape index (κ1) is 52.3. The summed E-state index contributed by atoms with van der Waals surface area (Å²) in [6.45, 7) is 33.3. The minimum absolute atomic E-state index is 0.0241. The summed E-state index contributed by atoms with van der Waals surface area (Å²) in [7, 11) is 0. The molecule has 0 aromatic carbocycles. The molecule has 17 heteroatoms. The van der Waals surface area contributed by atoms with E-state index >= 15 is 0 Å². The Bertz CT molecular complexity index is 1090. The third-order valence-corrected chi connectivity index (χ3v) is 25.6. The predicted octanol–water partition coefficient (Wildman–Crippen LogP) is 7.09. The van der Waals surface area contributed by atoms with E-state index in [0.717, 1.165) is 71.5 Å². The first-order valence-electron chi connectivity index (χ1n) is 22.0. The average molecular weight is 1040 g/mol. The predicted molar refractivity (Wildman–Crippen MR) is 222 cm³/mol. The van der Waals surface area contributed by atoms with Crippen LogP contribution >= 0.6 is 0 Å². The molecule has 2 unspecified atom stereocenters. The van der Waals surface area contributed by atoms with Crippen molar-refractivity contribution in [3.63, 3.8) is 0 Å². The second-order valence-corrected chi connectivity index (χ2v) is 29.5. The summed E-state index contributed by atoms with van der Waals surface area (Å²) in [4.78, 5) is 8.92. The number of nitrogens with zero attached hydrogens (tertiary/aromatic N) is 4. The molecule has 4 rings (SSSR count). The van der Waals surface area contributed by atoms with Crippen LogP contribution in [0.3, 0.4) is 0 Å². The number of alkyl halides is 3.